The molecular weight excluding hydrogens is 140 g/mol. The lowest BCUT2D eigenvalue weighted by atomic mass is 10.4. The van der Waals surface area contributed by atoms with Crippen LogP contribution in [0.3, 0.4) is 0 Å². The van der Waals surface area contributed by atoms with Gasteiger partial charge in [-0.25, -0.2) is 5.10 Å². The predicted molar refractivity (Wildman–Crippen MR) is 36.8 cm³/mol. The fourth-order valence-electron chi connectivity index (χ4n) is 0.474. The molecule has 0 radical (unpaired) electrons. The van der Waals surface area contributed by atoms with Crippen LogP contribution in [-0.2, 0) is 0 Å². The average molecular weight is 147 g/mol. The van der Waals surface area contributed by atoms with Crippen molar-refractivity contribution in [1.29, 1.82) is 0 Å². The molecule has 50 valence electrons. The number of H-pyrrole nitrogens is 1. The van der Waals surface area contributed by atoms with Gasteiger partial charge in [-0.05, 0) is 12.5 Å². The van der Waals surface area contributed by atoms with E-state index < -0.39 is 0 Å². The van der Waals surface area contributed by atoms with Crippen LogP contribution in [0.15, 0.2) is 17.1 Å². The highest BCUT2D eigenvalue weighted by Crippen LogP contribution is 1.81. The van der Waals surface area contributed by atoms with Crippen molar-refractivity contribution >= 4 is 12.4 Å². The molecule has 3 nitrogen and oxygen atoms in total. The first-order valence-corrected chi connectivity index (χ1v) is 2.30. The van der Waals surface area contributed by atoms with Crippen LogP contribution < -0.4 is 5.56 Å². The van der Waals surface area contributed by atoms with Crippen LogP contribution in [0.2, 0.25) is 0 Å². The number of nitrogens with one attached hydrogen (secondary N) is 1. The highest BCUT2D eigenvalue weighted by atomic mass is 35.5. The van der Waals surface area contributed by atoms with E-state index >= 15 is 0 Å². The van der Waals surface area contributed by atoms with E-state index in [9.17, 15) is 4.79 Å². The van der Waals surface area contributed by atoms with E-state index in [-0.39, 0.29) is 18.0 Å². The second-order valence-electron chi connectivity index (χ2n) is 1.62. The Hall–Kier alpha value is -0.830. The standard InChI is InChI=1S/C5H6N2O.ClH/c1-4-2-5(8)7-6-3-4;/h2-3H,1H3,(H,7,8);1H. The summed E-state index contributed by atoms with van der Waals surface area (Å²) in [6, 6.07) is 1.49. The van der Waals surface area contributed by atoms with Crippen molar-refractivity contribution in [3.63, 3.8) is 0 Å². The van der Waals surface area contributed by atoms with Crippen molar-refractivity contribution in [2.45, 2.75) is 6.92 Å². The van der Waals surface area contributed by atoms with E-state index in [4.69, 9.17) is 0 Å². The van der Waals surface area contributed by atoms with Crippen molar-refractivity contribution in [2.75, 3.05) is 0 Å². The Kier molecular flexibility index (Phi) is 2.95. The van der Waals surface area contributed by atoms with E-state index in [0.717, 1.165) is 5.56 Å². The van der Waals surface area contributed by atoms with Gasteiger partial charge >= 0.3 is 0 Å². The molecule has 0 bridgehead atoms. The molecule has 0 spiro atoms. The number of rotatable bonds is 0. The van der Waals surface area contributed by atoms with Gasteiger partial charge in [-0.2, -0.15) is 5.10 Å². The van der Waals surface area contributed by atoms with Crippen molar-refractivity contribution in [1.82, 2.24) is 10.2 Å². The zero-order valence-corrected chi connectivity index (χ0v) is 5.73. The Morgan fingerprint density at radius 2 is 2.33 bits per heavy atom. The molecule has 4 heteroatoms. The van der Waals surface area contributed by atoms with Crippen LogP contribution in [0.5, 0.6) is 0 Å². The summed E-state index contributed by atoms with van der Waals surface area (Å²) in [5.74, 6) is 0. The summed E-state index contributed by atoms with van der Waals surface area (Å²) in [5, 5.41) is 5.81. The molecule has 0 aromatic carbocycles. The van der Waals surface area contributed by atoms with Gasteiger partial charge in [0.2, 0.25) is 0 Å². The maximum atomic E-state index is 10.4. The lowest BCUT2D eigenvalue weighted by molar-refractivity contribution is 0.974. The SMILES string of the molecule is Cc1cn[nH]c(=O)c1.Cl. The monoisotopic (exact) mass is 146 g/mol. The highest BCUT2D eigenvalue weighted by molar-refractivity contribution is 5.85. The molecule has 9 heavy (non-hydrogen) atoms. The minimum absolute atomic E-state index is 0. The molecule has 1 aromatic heterocycles. The van der Waals surface area contributed by atoms with Gasteiger partial charge in [-0.1, -0.05) is 0 Å². The number of aromatic amines is 1. The van der Waals surface area contributed by atoms with Gasteiger partial charge in [-0.3, -0.25) is 4.79 Å². The van der Waals surface area contributed by atoms with Gasteiger partial charge in [0.25, 0.3) is 5.56 Å². The maximum Gasteiger partial charge on any atom is 0.264 e. The summed E-state index contributed by atoms with van der Waals surface area (Å²) in [5.41, 5.74) is 0.735. The average Bonchev–Trinajstić information content (AvgIpc) is 1.64. The Morgan fingerprint density at radius 1 is 1.67 bits per heavy atom. The van der Waals surface area contributed by atoms with Gasteiger partial charge in [0.15, 0.2) is 0 Å². The lowest BCUT2D eigenvalue weighted by Crippen LogP contribution is -2.05. The Labute approximate surface area is 58.5 Å². The summed E-state index contributed by atoms with van der Waals surface area (Å²) in [4.78, 5) is 10.4. The predicted octanol–water partition coefficient (Wildman–Crippen LogP) is 0.500. The van der Waals surface area contributed by atoms with Crippen LogP contribution in [0.4, 0.5) is 0 Å². The molecule has 1 aromatic rings. The van der Waals surface area contributed by atoms with Crippen molar-refractivity contribution in [3.05, 3.63) is 28.2 Å². The van der Waals surface area contributed by atoms with Gasteiger partial charge in [0.1, 0.15) is 0 Å². The van der Waals surface area contributed by atoms with Gasteiger partial charge in [-0.15, -0.1) is 12.4 Å². The Bertz CT molecular complexity index is 232. The zero-order valence-electron chi connectivity index (χ0n) is 4.92. The van der Waals surface area contributed by atoms with Gasteiger partial charge in [0, 0.05) is 6.07 Å². The number of aryl methyl sites for hydroxylation is 1. The third kappa shape index (κ3) is 2.28. The van der Waals surface area contributed by atoms with Crippen LogP contribution in [0.25, 0.3) is 0 Å². The zero-order chi connectivity index (χ0) is 5.98. The topological polar surface area (TPSA) is 45.8 Å². The lowest BCUT2D eigenvalue weighted by Gasteiger charge is -1.82. The number of hydrogen-bond acceptors (Lipinski definition) is 2. The molecule has 0 aliphatic heterocycles. The maximum absolute atomic E-state index is 10.4. The molecule has 0 saturated heterocycles. The van der Waals surface area contributed by atoms with E-state index in [0.29, 0.717) is 0 Å². The molecule has 0 aliphatic carbocycles. The van der Waals surface area contributed by atoms with Crippen molar-refractivity contribution < 1.29 is 0 Å². The minimum Gasteiger partial charge on any atom is -0.268 e. The highest BCUT2D eigenvalue weighted by Gasteiger charge is 1.81. The number of aromatic nitrogens is 2. The first-order valence-electron chi connectivity index (χ1n) is 2.30. The molecule has 0 saturated carbocycles. The van der Waals surface area contributed by atoms with E-state index in [1.165, 1.54) is 6.07 Å². The molecule has 1 heterocycles. The summed E-state index contributed by atoms with van der Waals surface area (Å²) >= 11 is 0. The molecule has 1 N–H and O–H groups in total. The number of hydrogen-bond donors (Lipinski definition) is 1. The third-order valence-corrected chi connectivity index (χ3v) is 0.802. The van der Waals surface area contributed by atoms with Gasteiger partial charge < -0.3 is 0 Å². The number of halogens is 1. The molecule has 0 fully saturated rings. The first kappa shape index (κ1) is 8.17. The summed E-state index contributed by atoms with van der Waals surface area (Å²) in [6.45, 7) is 1.82. The van der Waals surface area contributed by atoms with Crippen molar-refractivity contribution in [3.8, 4) is 0 Å². The van der Waals surface area contributed by atoms with E-state index in [1.807, 2.05) is 6.92 Å². The second kappa shape index (κ2) is 3.25. The smallest absolute Gasteiger partial charge is 0.264 e. The van der Waals surface area contributed by atoms with E-state index in [2.05, 4.69) is 10.2 Å². The first-order chi connectivity index (χ1) is 3.79. The quantitative estimate of drug-likeness (QED) is 0.580. The van der Waals surface area contributed by atoms with Crippen LogP contribution in [0, 0.1) is 6.92 Å². The molecular formula is C5H7ClN2O. The minimum atomic E-state index is -0.148. The molecule has 0 aliphatic rings. The summed E-state index contributed by atoms with van der Waals surface area (Å²) in [7, 11) is 0. The second-order valence-corrected chi connectivity index (χ2v) is 1.62. The van der Waals surface area contributed by atoms with E-state index in [1.54, 1.807) is 6.20 Å². The fourth-order valence-corrected chi connectivity index (χ4v) is 0.474. The van der Waals surface area contributed by atoms with Crippen molar-refractivity contribution in [2.24, 2.45) is 0 Å². The summed E-state index contributed by atoms with van der Waals surface area (Å²) in [6.07, 6.45) is 1.60. The number of nitrogens with zero attached hydrogens (tertiary/aromatic N) is 1. The molecule has 0 unspecified atom stereocenters. The largest absolute Gasteiger partial charge is 0.268 e. The van der Waals surface area contributed by atoms with Crippen LogP contribution in [-0.4, -0.2) is 10.2 Å². The third-order valence-electron chi connectivity index (χ3n) is 0.802. The Morgan fingerprint density at radius 3 is 2.67 bits per heavy atom. The normalized spacial score (nSPS) is 8.11. The molecule has 0 atom stereocenters. The van der Waals surface area contributed by atoms with Crippen LogP contribution >= 0.6 is 12.4 Å². The van der Waals surface area contributed by atoms with Gasteiger partial charge in [0.05, 0.1) is 6.20 Å². The Balaban J connectivity index is 0.000000640. The molecule has 0 amide bonds. The summed E-state index contributed by atoms with van der Waals surface area (Å²) < 4.78 is 0. The fraction of sp³-hybridized carbons (Fsp3) is 0.200. The van der Waals surface area contributed by atoms with Crippen LogP contribution in [0.1, 0.15) is 5.56 Å². The molecule has 1 rings (SSSR count).